The third-order valence-corrected chi connectivity index (χ3v) is 3.32. The molecule has 0 aliphatic heterocycles. The molecule has 0 aliphatic rings. The molecule has 0 spiro atoms. The van der Waals surface area contributed by atoms with Crippen molar-refractivity contribution in [2.45, 2.75) is 20.4 Å². The fourth-order valence-corrected chi connectivity index (χ4v) is 2.16. The molecule has 0 aromatic carbocycles. The maximum absolute atomic E-state index is 11.8. The number of halogens is 1. The maximum atomic E-state index is 11.8. The van der Waals surface area contributed by atoms with E-state index in [4.69, 9.17) is 11.6 Å². The predicted octanol–water partition coefficient (Wildman–Crippen LogP) is 1.72. The van der Waals surface area contributed by atoms with Gasteiger partial charge < -0.3 is 9.88 Å². The van der Waals surface area contributed by atoms with Crippen LogP contribution in [0, 0.1) is 0 Å². The number of fused-ring (bicyclic) bond motifs is 1. The van der Waals surface area contributed by atoms with Crippen molar-refractivity contribution in [1.82, 2.24) is 19.4 Å². The second-order valence-corrected chi connectivity index (χ2v) is 4.57. The summed E-state index contributed by atoms with van der Waals surface area (Å²) in [6, 6.07) is 1.72. The van der Waals surface area contributed by atoms with Crippen LogP contribution in [0.15, 0.2) is 17.1 Å². The summed E-state index contributed by atoms with van der Waals surface area (Å²) in [6.45, 7) is 7.65. The van der Waals surface area contributed by atoms with E-state index in [-0.39, 0.29) is 5.69 Å². The van der Waals surface area contributed by atoms with Crippen LogP contribution in [0.3, 0.4) is 0 Å². The molecule has 2 heterocycles. The summed E-state index contributed by atoms with van der Waals surface area (Å²) in [7, 11) is 0. The van der Waals surface area contributed by atoms with Crippen molar-refractivity contribution in [3.63, 3.8) is 0 Å². The molecule has 6 heteroatoms. The summed E-state index contributed by atoms with van der Waals surface area (Å²) in [5.74, 6) is 0. The minimum Gasteiger partial charge on any atom is -0.304 e. The Kier molecular flexibility index (Phi) is 4.04. The first kappa shape index (κ1) is 13.1. The molecule has 0 atom stereocenters. The van der Waals surface area contributed by atoms with Gasteiger partial charge in [-0.25, -0.2) is 9.78 Å². The lowest BCUT2D eigenvalue weighted by atomic mass is 10.4. The number of hydrogen-bond acceptors (Lipinski definition) is 3. The number of pyridine rings is 1. The van der Waals surface area contributed by atoms with E-state index in [0.717, 1.165) is 19.6 Å². The van der Waals surface area contributed by atoms with Crippen molar-refractivity contribution >= 4 is 22.8 Å². The van der Waals surface area contributed by atoms with Crippen molar-refractivity contribution in [3.05, 3.63) is 27.8 Å². The fraction of sp³-hybridized carbons (Fsp3) is 0.500. The third-order valence-electron chi connectivity index (χ3n) is 3.11. The molecule has 0 aliphatic carbocycles. The number of H-pyrrole nitrogens is 1. The highest BCUT2D eigenvalue weighted by Gasteiger charge is 2.09. The Bertz CT molecular complexity index is 585. The van der Waals surface area contributed by atoms with Crippen LogP contribution in [0.5, 0.6) is 0 Å². The Balaban J connectivity index is 2.28. The third kappa shape index (κ3) is 2.57. The standard InChI is InChI=1S/C12H17ClN4O/c1-3-16(4-2)5-6-17-11-10(15-12(17)18)7-9(13)8-14-11/h7-8H,3-6H2,1-2H3,(H,15,18). The van der Waals surface area contributed by atoms with E-state index >= 15 is 0 Å². The van der Waals surface area contributed by atoms with Gasteiger partial charge in [0.05, 0.1) is 10.5 Å². The Hall–Kier alpha value is -1.33. The smallest absolute Gasteiger partial charge is 0.304 e. The number of rotatable bonds is 5. The molecule has 1 N–H and O–H groups in total. The van der Waals surface area contributed by atoms with Crippen molar-refractivity contribution in [2.75, 3.05) is 19.6 Å². The molecule has 2 aromatic rings. The highest BCUT2D eigenvalue weighted by Crippen LogP contribution is 2.13. The number of nitrogens with zero attached hydrogens (tertiary/aromatic N) is 3. The maximum Gasteiger partial charge on any atom is 0.327 e. The van der Waals surface area contributed by atoms with Gasteiger partial charge in [-0.3, -0.25) is 4.57 Å². The number of aromatic amines is 1. The summed E-state index contributed by atoms with van der Waals surface area (Å²) in [5.41, 5.74) is 1.22. The monoisotopic (exact) mass is 268 g/mol. The highest BCUT2D eigenvalue weighted by atomic mass is 35.5. The van der Waals surface area contributed by atoms with Crippen LogP contribution in [0.4, 0.5) is 0 Å². The summed E-state index contributed by atoms with van der Waals surface area (Å²) in [4.78, 5) is 21.1. The molecular formula is C12H17ClN4O. The molecule has 0 unspecified atom stereocenters. The van der Waals surface area contributed by atoms with Gasteiger partial charge in [-0.2, -0.15) is 0 Å². The molecule has 18 heavy (non-hydrogen) atoms. The SMILES string of the molecule is CCN(CC)CCn1c(=O)[nH]c2cc(Cl)cnc21. The highest BCUT2D eigenvalue weighted by molar-refractivity contribution is 6.30. The van der Waals surface area contributed by atoms with Gasteiger partial charge in [0.25, 0.3) is 0 Å². The number of aromatic nitrogens is 3. The van der Waals surface area contributed by atoms with Gasteiger partial charge in [-0.15, -0.1) is 0 Å². The molecule has 2 rings (SSSR count). The molecule has 0 bridgehead atoms. The largest absolute Gasteiger partial charge is 0.327 e. The molecule has 0 radical (unpaired) electrons. The molecule has 0 fully saturated rings. The quantitative estimate of drug-likeness (QED) is 0.898. The van der Waals surface area contributed by atoms with Gasteiger partial charge in [-0.05, 0) is 19.2 Å². The first-order valence-corrected chi connectivity index (χ1v) is 6.50. The molecule has 98 valence electrons. The first-order chi connectivity index (χ1) is 8.65. The average Bonchev–Trinajstić information content (AvgIpc) is 2.66. The molecule has 5 nitrogen and oxygen atoms in total. The van der Waals surface area contributed by atoms with E-state index in [2.05, 4.69) is 28.7 Å². The average molecular weight is 269 g/mol. The van der Waals surface area contributed by atoms with E-state index in [1.165, 1.54) is 0 Å². The van der Waals surface area contributed by atoms with Crippen LogP contribution in [0.25, 0.3) is 11.2 Å². The Morgan fingerprint density at radius 2 is 2.17 bits per heavy atom. The predicted molar refractivity (Wildman–Crippen MR) is 73.2 cm³/mol. The van der Waals surface area contributed by atoms with E-state index in [9.17, 15) is 4.79 Å². The number of likely N-dealkylation sites (N-methyl/N-ethyl adjacent to an activating group) is 1. The van der Waals surface area contributed by atoms with Crippen LogP contribution in [-0.4, -0.2) is 39.1 Å². The van der Waals surface area contributed by atoms with E-state index < -0.39 is 0 Å². The molecule has 0 saturated heterocycles. The first-order valence-electron chi connectivity index (χ1n) is 6.12. The van der Waals surface area contributed by atoms with Crippen LogP contribution in [0.1, 0.15) is 13.8 Å². The van der Waals surface area contributed by atoms with Crippen molar-refractivity contribution in [2.24, 2.45) is 0 Å². The summed E-state index contributed by atoms with van der Waals surface area (Å²) in [6.07, 6.45) is 1.56. The number of imidazole rings is 1. The van der Waals surface area contributed by atoms with Crippen LogP contribution >= 0.6 is 11.6 Å². The Morgan fingerprint density at radius 1 is 1.44 bits per heavy atom. The second kappa shape index (κ2) is 5.54. The molecule has 0 amide bonds. The lowest BCUT2D eigenvalue weighted by molar-refractivity contribution is 0.290. The Labute approximate surface area is 110 Å². The van der Waals surface area contributed by atoms with E-state index in [1.54, 1.807) is 16.8 Å². The van der Waals surface area contributed by atoms with Gasteiger partial charge in [0.2, 0.25) is 0 Å². The van der Waals surface area contributed by atoms with Gasteiger partial charge in [0.1, 0.15) is 0 Å². The minimum atomic E-state index is -0.132. The zero-order valence-corrected chi connectivity index (χ0v) is 11.4. The van der Waals surface area contributed by atoms with Crippen molar-refractivity contribution in [3.8, 4) is 0 Å². The molecule has 2 aromatic heterocycles. The molecular weight excluding hydrogens is 252 g/mol. The van der Waals surface area contributed by atoms with Crippen molar-refractivity contribution in [1.29, 1.82) is 0 Å². The lowest BCUT2D eigenvalue weighted by Crippen LogP contribution is -2.30. The number of nitrogens with one attached hydrogen (secondary N) is 1. The van der Waals surface area contributed by atoms with Crippen LogP contribution < -0.4 is 5.69 Å². The van der Waals surface area contributed by atoms with Crippen LogP contribution in [0.2, 0.25) is 5.02 Å². The van der Waals surface area contributed by atoms with Gasteiger partial charge in [0, 0.05) is 19.3 Å². The summed E-state index contributed by atoms with van der Waals surface area (Å²) in [5, 5.41) is 0.527. The number of hydrogen-bond donors (Lipinski definition) is 1. The Morgan fingerprint density at radius 3 is 2.83 bits per heavy atom. The van der Waals surface area contributed by atoms with Crippen molar-refractivity contribution < 1.29 is 0 Å². The van der Waals surface area contributed by atoms with E-state index in [0.29, 0.717) is 22.7 Å². The van der Waals surface area contributed by atoms with E-state index in [1.807, 2.05) is 0 Å². The lowest BCUT2D eigenvalue weighted by Gasteiger charge is -2.17. The summed E-state index contributed by atoms with van der Waals surface area (Å²) < 4.78 is 1.66. The second-order valence-electron chi connectivity index (χ2n) is 4.13. The summed E-state index contributed by atoms with van der Waals surface area (Å²) >= 11 is 5.85. The normalized spacial score (nSPS) is 11.6. The zero-order valence-electron chi connectivity index (χ0n) is 10.6. The fourth-order valence-electron chi connectivity index (χ4n) is 2.01. The zero-order chi connectivity index (χ0) is 13.1. The van der Waals surface area contributed by atoms with Crippen LogP contribution in [-0.2, 0) is 6.54 Å². The molecule has 0 saturated carbocycles. The van der Waals surface area contributed by atoms with Gasteiger partial charge in [0.15, 0.2) is 5.65 Å². The van der Waals surface area contributed by atoms with Gasteiger partial charge in [-0.1, -0.05) is 25.4 Å². The minimum absolute atomic E-state index is 0.132. The van der Waals surface area contributed by atoms with Gasteiger partial charge >= 0.3 is 5.69 Å². The topological polar surface area (TPSA) is 53.9 Å².